The van der Waals surface area contributed by atoms with Crippen molar-refractivity contribution in [1.29, 1.82) is 0 Å². The summed E-state index contributed by atoms with van der Waals surface area (Å²) in [5.74, 6) is 0.600. The fraction of sp³-hybridized carbons (Fsp3) is 0.286. The Morgan fingerprint density at radius 1 is 1.15 bits per heavy atom. The van der Waals surface area contributed by atoms with E-state index >= 15 is 0 Å². The molecule has 0 aliphatic rings. The molecule has 1 aromatic heterocycles. The van der Waals surface area contributed by atoms with Gasteiger partial charge in [0.25, 0.3) is 0 Å². The molecule has 0 spiro atoms. The average molecular weight is 370 g/mol. The van der Waals surface area contributed by atoms with E-state index in [9.17, 15) is 9.18 Å². The van der Waals surface area contributed by atoms with Crippen LogP contribution in [-0.4, -0.2) is 24.8 Å². The number of nitrogens with two attached hydrogens (primary N) is 1. The SMILES string of the molecule is CCCOc1ccc(F)c2c(=O)c(-c3ccc(OC)cc3)cn(CCN)c12. The van der Waals surface area contributed by atoms with Crippen LogP contribution < -0.4 is 20.6 Å². The summed E-state index contributed by atoms with van der Waals surface area (Å²) >= 11 is 0. The number of rotatable bonds is 7. The molecule has 2 N–H and O–H groups in total. The molecular weight excluding hydrogens is 347 g/mol. The molecule has 0 fully saturated rings. The van der Waals surface area contributed by atoms with Crippen LogP contribution in [-0.2, 0) is 6.54 Å². The maximum atomic E-state index is 14.7. The minimum absolute atomic E-state index is 0.0189. The van der Waals surface area contributed by atoms with Gasteiger partial charge < -0.3 is 19.8 Å². The third kappa shape index (κ3) is 3.66. The highest BCUT2D eigenvalue weighted by Crippen LogP contribution is 2.29. The molecule has 3 rings (SSSR count). The molecule has 2 aromatic carbocycles. The van der Waals surface area contributed by atoms with Crippen molar-refractivity contribution in [2.45, 2.75) is 19.9 Å². The van der Waals surface area contributed by atoms with E-state index in [0.717, 1.165) is 6.42 Å². The maximum Gasteiger partial charge on any atom is 0.200 e. The topological polar surface area (TPSA) is 66.5 Å². The van der Waals surface area contributed by atoms with E-state index in [0.29, 0.717) is 47.8 Å². The fourth-order valence-electron chi connectivity index (χ4n) is 3.08. The number of hydrogen-bond donors (Lipinski definition) is 1. The number of methoxy groups -OCH3 is 1. The van der Waals surface area contributed by atoms with Crippen LogP contribution in [0.25, 0.3) is 22.0 Å². The lowest BCUT2D eigenvalue weighted by Gasteiger charge is -2.17. The van der Waals surface area contributed by atoms with E-state index in [4.69, 9.17) is 15.2 Å². The second-order valence-corrected chi connectivity index (χ2v) is 6.20. The van der Waals surface area contributed by atoms with Gasteiger partial charge in [-0.05, 0) is 36.2 Å². The Kier molecular flexibility index (Phi) is 5.76. The summed E-state index contributed by atoms with van der Waals surface area (Å²) in [6, 6.07) is 9.94. The molecule has 0 atom stereocenters. The molecule has 0 aliphatic carbocycles. The zero-order valence-corrected chi connectivity index (χ0v) is 15.5. The lowest BCUT2D eigenvalue weighted by atomic mass is 10.0. The molecule has 5 nitrogen and oxygen atoms in total. The number of benzene rings is 2. The van der Waals surface area contributed by atoms with E-state index in [1.807, 2.05) is 6.92 Å². The zero-order chi connectivity index (χ0) is 19.4. The Bertz CT molecular complexity index is 997. The highest BCUT2D eigenvalue weighted by molar-refractivity contribution is 5.89. The van der Waals surface area contributed by atoms with Gasteiger partial charge in [-0.25, -0.2) is 4.39 Å². The number of fused-ring (bicyclic) bond motifs is 1. The first-order valence-electron chi connectivity index (χ1n) is 8.93. The van der Waals surface area contributed by atoms with Crippen LogP contribution in [0, 0.1) is 5.82 Å². The molecule has 6 heteroatoms. The predicted octanol–water partition coefficient (Wildman–Crippen LogP) is 3.56. The molecule has 0 aliphatic heterocycles. The van der Waals surface area contributed by atoms with Crippen LogP contribution in [0.1, 0.15) is 13.3 Å². The van der Waals surface area contributed by atoms with Crippen molar-refractivity contribution < 1.29 is 13.9 Å². The summed E-state index contributed by atoms with van der Waals surface area (Å²) in [6.07, 6.45) is 2.53. The van der Waals surface area contributed by atoms with Gasteiger partial charge in [0.1, 0.15) is 17.3 Å². The highest BCUT2D eigenvalue weighted by atomic mass is 19.1. The molecule has 0 radical (unpaired) electrons. The molecular formula is C21H23FN2O3. The average Bonchev–Trinajstić information content (AvgIpc) is 2.69. The molecule has 27 heavy (non-hydrogen) atoms. The monoisotopic (exact) mass is 370 g/mol. The van der Waals surface area contributed by atoms with Gasteiger partial charge >= 0.3 is 0 Å². The molecule has 0 saturated carbocycles. The molecule has 0 unspecified atom stereocenters. The smallest absolute Gasteiger partial charge is 0.200 e. The number of hydrogen-bond acceptors (Lipinski definition) is 4. The van der Waals surface area contributed by atoms with Crippen molar-refractivity contribution in [1.82, 2.24) is 4.57 Å². The van der Waals surface area contributed by atoms with Crippen molar-refractivity contribution >= 4 is 10.9 Å². The van der Waals surface area contributed by atoms with Crippen molar-refractivity contribution in [3.8, 4) is 22.6 Å². The minimum Gasteiger partial charge on any atom is -0.497 e. The Labute approximate surface area is 157 Å². The lowest BCUT2D eigenvalue weighted by molar-refractivity contribution is 0.319. The largest absolute Gasteiger partial charge is 0.497 e. The molecule has 0 bridgehead atoms. The van der Waals surface area contributed by atoms with Crippen molar-refractivity contribution in [3.05, 3.63) is 58.6 Å². The summed E-state index contributed by atoms with van der Waals surface area (Å²) < 4.78 is 27.4. The first-order chi connectivity index (χ1) is 13.1. The van der Waals surface area contributed by atoms with Gasteiger partial charge in [0.2, 0.25) is 0 Å². The van der Waals surface area contributed by atoms with E-state index < -0.39 is 5.82 Å². The number of aromatic nitrogens is 1. The van der Waals surface area contributed by atoms with Gasteiger partial charge in [0.15, 0.2) is 5.43 Å². The van der Waals surface area contributed by atoms with Gasteiger partial charge in [-0.2, -0.15) is 0 Å². The second kappa shape index (κ2) is 8.22. The summed E-state index contributed by atoms with van der Waals surface area (Å²) in [4.78, 5) is 13.1. The zero-order valence-electron chi connectivity index (χ0n) is 15.5. The normalized spacial score (nSPS) is 11.0. The molecule has 142 valence electrons. The van der Waals surface area contributed by atoms with Gasteiger partial charge in [0.05, 0.1) is 24.6 Å². The maximum absolute atomic E-state index is 14.7. The van der Waals surface area contributed by atoms with E-state index in [2.05, 4.69) is 0 Å². The molecule has 3 aromatic rings. The van der Waals surface area contributed by atoms with Gasteiger partial charge in [-0.1, -0.05) is 19.1 Å². The van der Waals surface area contributed by atoms with Gasteiger partial charge in [-0.3, -0.25) is 4.79 Å². The summed E-state index contributed by atoms with van der Waals surface area (Å²) in [5, 5.41) is 0.0189. The Morgan fingerprint density at radius 2 is 1.89 bits per heavy atom. The Morgan fingerprint density at radius 3 is 2.52 bits per heavy atom. The second-order valence-electron chi connectivity index (χ2n) is 6.20. The summed E-state index contributed by atoms with van der Waals surface area (Å²) in [5.41, 5.74) is 6.92. The van der Waals surface area contributed by atoms with Crippen LogP contribution in [0.4, 0.5) is 4.39 Å². The van der Waals surface area contributed by atoms with E-state index in [-0.39, 0.29) is 10.8 Å². The molecule has 1 heterocycles. The van der Waals surface area contributed by atoms with Crippen LogP contribution in [0.2, 0.25) is 0 Å². The molecule has 0 amide bonds. The summed E-state index contributed by atoms with van der Waals surface area (Å²) in [6.45, 7) is 3.26. The fourth-order valence-corrected chi connectivity index (χ4v) is 3.08. The predicted molar refractivity (Wildman–Crippen MR) is 105 cm³/mol. The van der Waals surface area contributed by atoms with E-state index in [1.54, 1.807) is 48.2 Å². The quantitative estimate of drug-likeness (QED) is 0.691. The highest BCUT2D eigenvalue weighted by Gasteiger charge is 2.18. The van der Waals surface area contributed by atoms with Crippen LogP contribution in [0.3, 0.4) is 0 Å². The van der Waals surface area contributed by atoms with Crippen LogP contribution in [0.5, 0.6) is 11.5 Å². The lowest BCUT2D eigenvalue weighted by Crippen LogP contribution is -2.18. The number of halogens is 1. The Balaban J connectivity index is 2.29. The standard InChI is InChI=1S/C21H23FN2O3/c1-3-12-27-18-9-8-17(22)19-20(18)24(11-10-23)13-16(21(19)25)14-4-6-15(26-2)7-5-14/h4-9,13H,3,10-12,23H2,1-2H3. The van der Waals surface area contributed by atoms with Crippen molar-refractivity contribution in [2.75, 3.05) is 20.3 Å². The molecule has 0 saturated heterocycles. The number of pyridine rings is 1. The van der Waals surface area contributed by atoms with Crippen molar-refractivity contribution in [2.24, 2.45) is 5.73 Å². The Hall–Kier alpha value is -2.86. The minimum atomic E-state index is -0.569. The van der Waals surface area contributed by atoms with Crippen molar-refractivity contribution in [3.63, 3.8) is 0 Å². The van der Waals surface area contributed by atoms with Gasteiger partial charge in [0, 0.05) is 24.8 Å². The first kappa shape index (κ1) is 18.9. The van der Waals surface area contributed by atoms with E-state index in [1.165, 1.54) is 6.07 Å². The van der Waals surface area contributed by atoms with Crippen LogP contribution in [0.15, 0.2) is 47.4 Å². The third-order valence-electron chi connectivity index (χ3n) is 4.37. The first-order valence-corrected chi connectivity index (χ1v) is 8.93. The van der Waals surface area contributed by atoms with Crippen LogP contribution >= 0.6 is 0 Å². The third-order valence-corrected chi connectivity index (χ3v) is 4.37. The number of nitrogens with zero attached hydrogens (tertiary/aromatic N) is 1. The summed E-state index contributed by atoms with van der Waals surface area (Å²) in [7, 11) is 1.58. The number of ether oxygens (including phenoxy) is 2. The van der Waals surface area contributed by atoms with Gasteiger partial charge in [-0.15, -0.1) is 0 Å².